The quantitative estimate of drug-likeness (QED) is 0.291. The van der Waals surface area contributed by atoms with Gasteiger partial charge in [0.05, 0.1) is 0 Å². The fourth-order valence-corrected chi connectivity index (χ4v) is 5.48. The van der Waals surface area contributed by atoms with Gasteiger partial charge in [-0.05, 0) is 48.2 Å². The molecular weight excluding hydrogens is 399 g/mol. The van der Waals surface area contributed by atoms with E-state index in [-0.39, 0.29) is 0 Å². The molecule has 0 spiro atoms. The van der Waals surface area contributed by atoms with Crippen molar-refractivity contribution in [3.05, 3.63) is 59.7 Å². The van der Waals surface area contributed by atoms with Crippen molar-refractivity contribution in [1.82, 2.24) is 0 Å². The van der Waals surface area contributed by atoms with Crippen LogP contribution in [0.25, 0.3) is 0 Å². The molecule has 0 radical (unpaired) electrons. The van der Waals surface area contributed by atoms with Crippen LogP contribution in [0.3, 0.4) is 0 Å². The summed E-state index contributed by atoms with van der Waals surface area (Å²) < 4.78 is 23.2. The summed E-state index contributed by atoms with van der Waals surface area (Å²) in [5.74, 6) is 1.18. The van der Waals surface area contributed by atoms with Crippen LogP contribution in [0.2, 0.25) is 51.4 Å². The fraction of sp³-hybridized carbons (Fsp3) is 0.455. The first-order valence-corrected chi connectivity index (χ1v) is 18.7. The van der Waals surface area contributed by atoms with Crippen molar-refractivity contribution in [2.45, 2.75) is 64.2 Å². The van der Waals surface area contributed by atoms with E-state index in [1.54, 1.807) is 0 Å². The first kappa shape index (κ1) is 23.0. The number of rotatable bonds is 10. The van der Waals surface area contributed by atoms with Gasteiger partial charge in [0.15, 0.2) is 0 Å². The summed E-state index contributed by atoms with van der Waals surface area (Å²) in [5.41, 5.74) is 2.59. The Bertz CT molecular complexity index is 695. The van der Waals surface area contributed by atoms with Crippen LogP contribution >= 0.6 is 8.25 Å². The molecule has 0 atom stereocenters. The largest absolute Gasteiger partial charge is 0.418 e. The molecule has 2 aromatic rings. The number of hydrogen-bond acceptors (Lipinski definition) is 3. The fourth-order valence-electron chi connectivity index (χ4n) is 2.70. The van der Waals surface area contributed by atoms with Crippen molar-refractivity contribution >= 4 is 24.4 Å². The van der Waals surface area contributed by atoms with Gasteiger partial charge in [-0.25, -0.2) is 4.57 Å². The van der Waals surface area contributed by atoms with Gasteiger partial charge >= 0.3 is 8.25 Å². The minimum Gasteiger partial charge on any atom is -0.418 e. The summed E-state index contributed by atoms with van der Waals surface area (Å²) in [6, 6.07) is 18.3. The molecule has 0 saturated heterocycles. The van der Waals surface area contributed by atoms with Crippen molar-refractivity contribution < 1.29 is 13.6 Å². The second kappa shape index (κ2) is 9.95. The average molecular weight is 435 g/mol. The molecule has 0 unspecified atom stereocenters. The van der Waals surface area contributed by atoms with Crippen LogP contribution < -0.4 is 9.05 Å². The maximum atomic E-state index is 12.2. The molecule has 0 amide bonds. The molecule has 3 nitrogen and oxygen atoms in total. The van der Waals surface area contributed by atoms with Gasteiger partial charge in [-0.1, -0.05) is 75.6 Å². The average Bonchev–Trinajstić information content (AvgIpc) is 2.59. The predicted octanol–water partition coefficient (Wildman–Crippen LogP) is 7.30. The molecule has 0 saturated carbocycles. The molecule has 2 rings (SSSR count). The van der Waals surface area contributed by atoms with Gasteiger partial charge in [-0.3, -0.25) is 0 Å². The molecule has 0 aromatic heterocycles. The highest BCUT2D eigenvalue weighted by Gasteiger charge is 2.13. The van der Waals surface area contributed by atoms with Gasteiger partial charge < -0.3 is 9.05 Å². The maximum absolute atomic E-state index is 12.2. The highest BCUT2D eigenvalue weighted by atomic mass is 31.1. The minimum absolute atomic E-state index is 0.590. The summed E-state index contributed by atoms with van der Waals surface area (Å²) in [7, 11) is -4.70. The Balaban J connectivity index is 1.83. The van der Waals surface area contributed by atoms with E-state index in [4.69, 9.17) is 9.05 Å². The zero-order valence-corrected chi connectivity index (χ0v) is 21.2. The molecule has 0 aliphatic carbocycles. The van der Waals surface area contributed by atoms with E-state index >= 15 is 0 Å². The van der Waals surface area contributed by atoms with Gasteiger partial charge in [0.2, 0.25) is 0 Å². The lowest BCUT2D eigenvalue weighted by molar-refractivity contribution is 0.415. The zero-order chi connectivity index (χ0) is 20.8. The van der Waals surface area contributed by atoms with Crippen molar-refractivity contribution in [1.29, 1.82) is 0 Å². The normalized spacial score (nSPS) is 12.2. The third-order valence-electron chi connectivity index (χ3n) is 4.58. The highest BCUT2D eigenvalue weighted by molar-refractivity contribution is 7.34. The lowest BCUT2D eigenvalue weighted by Crippen LogP contribution is -2.19. The molecule has 0 aliphatic heterocycles. The lowest BCUT2D eigenvalue weighted by Gasteiger charge is -2.15. The van der Waals surface area contributed by atoms with E-state index in [2.05, 4.69) is 63.5 Å². The smallest absolute Gasteiger partial charge is 0.418 e. The Morgan fingerprint density at radius 1 is 0.643 bits per heavy atom. The predicted molar refractivity (Wildman–Crippen MR) is 127 cm³/mol. The van der Waals surface area contributed by atoms with Gasteiger partial charge in [0.1, 0.15) is 11.5 Å². The van der Waals surface area contributed by atoms with Crippen molar-refractivity contribution in [2.75, 3.05) is 0 Å². The molecule has 6 heteroatoms. The van der Waals surface area contributed by atoms with Crippen LogP contribution in [0.5, 0.6) is 11.5 Å². The second-order valence-electron chi connectivity index (χ2n) is 9.86. The molecule has 0 N–H and O–H groups in total. The van der Waals surface area contributed by atoms with Crippen molar-refractivity contribution in [3.63, 3.8) is 0 Å². The van der Waals surface area contributed by atoms with Crippen LogP contribution in [0.4, 0.5) is 0 Å². The summed E-state index contributed by atoms with van der Waals surface area (Å²) in [6.45, 7) is 14.3. The Kier molecular flexibility index (Phi) is 8.17. The number of benzene rings is 2. The highest BCUT2D eigenvalue weighted by Crippen LogP contribution is 2.31. The third kappa shape index (κ3) is 9.27. The Labute approximate surface area is 173 Å². The first-order chi connectivity index (χ1) is 13.0. The van der Waals surface area contributed by atoms with E-state index in [9.17, 15) is 4.57 Å². The molecule has 0 aliphatic rings. The zero-order valence-electron chi connectivity index (χ0n) is 18.2. The Morgan fingerprint density at radius 3 is 1.25 bits per heavy atom. The SMILES string of the molecule is C[Si](C)(C)CCc1ccc(O[PH](=O)Oc2ccc(CC[Si](C)(C)C)cc2)cc1. The van der Waals surface area contributed by atoms with Gasteiger partial charge in [-0.15, -0.1) is 0 Å². The molecule has 2 aromatic carbocycles. The van der Waals surface area contributed by atoms with Crippen molar-refractivity contribution in [3.8, 4) is 11.5 Å². The third-order valence-corrected chi connectivity index (χ3v) is 8.88. The van der Waals surface area contributed by atoms with Crippen molar-refractivity contribution in [2.24, 2.45) is 0 Å². The summed E-state index contributed by atoms with van der Waals surface area (Å²) >= 11 is 0. The second-order valence-corrected chi connectivity index (χ2v) is 22.0. The standard InChI is InChI=1S/C22H35O3PSi2/c1-27(2,3)17-15-19-7-11-21(12-8-19)24-26(23)25-22-13-9-20(10-14-22)16-18-28(4,5)6/h7-14,26H,15-18H2,1-6H3. The van der Waals surface area contributed by atoms with E-state index in [0.717, 1.165) is 12.8 Å². The van der Waals surface area contributed by atoms with Crippen LogP contribution in [0.1, 0.15) is 11.1 Å². The van der Waals surface area contributed by atoms with E-state index in [1.807, 2.05) is 24.3 Å². The lowest BCUT2D eigenvalue weighted by atomic mass is 10.2. The molecule has 154 valence electrons. The summed E-state index contributed by atoms with van der Waals surface area (Å²) in [5, 5.41) is 0. The number of aryl methyl sites for hydroxylation is 2. The summed E-state index contributed by atoms with van der Waals surface area (Å²) in [6.07, 6.45) is 2.18. The maximum Gasteiger partial charge on any atom is 0.418 e. The molecule has 28 heavy (non-hydrogen) atoms. The van der Waals surface area contributed by atoms with Crippen LogP contribution in [0, 0.1) is 0 Å². The minimum atomic E-state index is -2.63. The van der Waals surface area contributed by atoms with Gasteiger partial charge in [0.25, 0.3) is 0 Å². The molecule has 0 bridgehead atoms. The Morgan fingerprint density at radius 2 is 0.964 bits per heavy atom. The van der Waals surface area contributed by atoms with Gasteiger partial charge in [0, 0.05) is 16.1 Å². The van der Waals surface area contributed by atoms with E-state index < -0.39 is 24.4 Å². The van der Waals surface area contributed by atoms with Gasteiger partial charge in [-0.2, -0.15) is 0 Å². The topological polar surface area (TPSA) is 35.5 Å². The molecule has 0 heterocycles. The van der Waals surface area contributed by atoms with E-state index in [0.29, 0.717) is 11.5 Å². The number of hydrogen-bond donors (Lipinski definition) is 0. The van der Waals surface area contributed by atoms with E-state index in [1.165, 1.54) is 23.2 Å². The molecule has 0 fully saturated rings. The monoisotopic (exact) mass is 434 g/mol. The van der Waals surface area contributed by atoms with Crippen LogP contribution in [-0.4, -0.2) is 16.1 Å². The molecular formula is C22H35O3PSi2. The summed E-state index contributed by atoms with van der Waals surface area (Å²) in [4.78, 5) is 0. The van der Waals surface area contributed by atoms with Crippen LogP contribution in [-0.2, 0) is 17.4 Å². The van der Waals surface area contributed by atoms with Crippen LogP contribution in [0.15, 0.2) is 48.5 Å². The Hall–Kier alpha value is -1.30. The first-order valence-electron chi connectivity index (χ1n) is 10.1.